The second-order valence-corrected chi connectivity index (χ2v) is 14.8. The van der Waals surface area contributed by atoms with Crippen LogP contribution < -0.4 is 16.0 Å². The van der Waals surface area contributed by atoms with Crippen LogP contribution in [0, 0.1) is 5.92 Å². The summed E-state index contributed by atoms with van der Waals surface area (Å²) in [6.07, 6.45) is 5.61. The molecule has 1 heterocycles. The summed E-state index contributed by atoms with van der Waals surface area (Å²) in [4.78, 5) is 0. The summed E-state index contributed by atoms with van der Waals surface area (Å²) >= 11 is 0. The molecule has 6 aromatic rings. The van der Waals surface area contributed by atoms with Crippen molar-refractivity contribution in [2.24, 2.45) is 5.92 Å². The van der Waals surface area contributed by atoms with Gasteiger partial charge >= 0.3 is 0 Å². The zero-order chi connectivity index (χ0) is 31.8. The summed E-state index contributed by atoms with van der Waals surface area (Å²) in [6, 6.07) is 37.9. The fourth-order valence-corrected chi connectivity index (χ4v) is 7.55. The Morgan fingerprint density at radius 2 is 1.48 bits per heavy atom. The molecule has 228 valence electrons. The molecule has 0 radical (unpaired) electrons. The maximum atomic E-state index is 6.41. The van der Waals surface area contributed by atoms with Crippen molar-refractivity contribution in [2.45, 2.75) is 58.8 Å². The highest BCUT2D eigenvalue weighted by Crippen LogP contribution is 2.53. The third-order valence-electron chi connectivity index (χ3n) is 10.2. The molecule has 0 spiro atoms. The van der Waals surface area contributed by atoms with Gasteiger partial charge in [-0.05, 0) is 81.0 Å². The Kier molecular flexibility index (Phi) is 6.45. The SMILES string of the molecule is CC1C=c2c(oc3c(-c4ccc(Nc5ccccc5-c5cccc6c5-c5ccc(C(C)(C)C)cc5C6(C)C)cc4)cccc23)=CC1. The first-order valence-electron chi connectivity index (χ1n) is 16.6. The van der Waals surface area contributed by atoms with Gasteiger partial charge in [0.05, 0.1) is 0 Å². The normalized spacial score (nSPS) is 16.3. The van der Waals surface area contributed by atoms with Crippen LogP contribution in [0.4, 0.5) is 11.4 Å². The molecule has 46 heavy (non-hydrogen) atoms. The van der Waals surface area contributed by atoms with E-state index in [1.54, 1.807) is 0 Å². The molecule has 1 unspecified atom stereocenters. The van der Waals surface area contributed by atoms with Crippen LogP contribution in [0.3, 0.4) is 0 Å². The standard InChI is InChI=1S/C44H41NO/c1-27-17-24-40-36(25-27)34-14-9-12-31(42(34)46-40)28-18-21-30(22-19-28)45-39-16-8-7-11-32(39)33-13-10-15-37-41(33)35-23-20-29(43(2,3)4)26-38(35)44(37,5)6/h7-16,18-27,45H,17H2,1-6H3. The number of nitrogens with one attached hydrogen (secondary N) is 1. The lowest BCUT2D eigenvalue weighted by Gasteiger charge is -2.25. The number of fused-ring (bicyclic) bond motifs is 6. The Morgan fingerprint density at radius 3 is 2.28 bits per heavy atom. The molecule has 8 rings (SSSR count). The van der Waals surface area contributed by atoms with E-state index in [-0.39, 0.29) is 10.8 Å². The number of benzene rings is 5. The van der Waals surface area contributed by atoms with Crippen molar-refractivity contribution in [3.05, 3.63) is 130 Å². The molecule has 1 aromatic heterocycles. The fourth-order valence-electron chi connectivity index (χ4n) is 7.55. The van der Waals surface area contributed by atoms with Crippen molar-refractivity contribution >= 4 is 34.5 Å². The maximum absolute atomic E-state index is 6.41. The van der Waals surface area contributed by atoms with Gasteiger partial charge in [0.15, 0.2) is 0 Å². The van der Waals surface area contributed by atoms with E-state index in [1.807, 2.05) is 0 Å². The number of hydrogen-bond acceptors (Lipinski definition) is 2. The zero-order valence-corrected chi connectivity index (χ0v) is 27.7. The van der Waals surface area contributed by atoms with Crippen molar-refractivity contribution < 1.29 is 4.42 Å². The Labute approximate surface area is 272 Å². The second-order valence-electron chi connectivity index (χ2n) is 14.8. The number of anilines is 2. The average molecular weight is 600 g/mol. The van der Waals surface area contributed by atoms with Gasteiger partial charge in [0, 0.05) is 38.5 Å². The Balaban J connectivity index is 1.16. The first kappa shape index (κ1) is 28.6. The van der Waals surface area contributed by atoms with E-state index in [9.17, 15) is 0 Å². The quantitative estimate of drug-likeness (QED) is 0.218. The second kappa shape index (κ2) is 10.4. The van der Waals surface area contributed by atoms with Crippen molar-refractivity contribution in [1.82, 2.24) is 0 Å². The lowest BCUT2D eigenvalue weighted by molar-refractivity contribution is 0.568. The minimum atomic E-state index is -0.0649. The molecule has 0 bridgehead atoms. The number of para-hydroxylation sites is 2. The van der Waals surface area contributed by atoms with Crippen LogP contribution in [-0.2, 0) is 10.8 Å². The molecule has 0 saturated heterocycles. The van der Waals surface area contributed by atoms with E-state index in [4.69, 9.17) is 4.42 Å². The molecule has 0 amide bonds. The minimum absolute atomic E-state index is 0.0649. The molecular weight excluding hydrogens is 558 g/mol. The molecular formula is C44H41NO. The van der Waals surface area contributed by atoms with Gasteiger partial charge in [-0.3, -0.25) is 0 Å². The molecule has 2 aliphatic rings. The smallest absolute Gasteiger partial charge is 0.143 e. The van der Waals surface area contributed by atoms with Crippen LogP contribution in [-0.4, -0.2) is 0 Å². The van der Waals surface area contributed by atoms with Crippen molar-refractivity contribution in [1.29, 1.82) is 0 Å². The first-order chi connectivity index (χ1) is 22.1. The molecule has 0 aliphatic heterocycles. The lowest BCUT2D eigenvalue weighted by atomic mass is 9.79. The van der Waals surface area contributed by atoms with Crippen LogP contribution in [0.1, 0.15) is 64.7 Å². The molecule has 0 fully saturated rings. The summed E-state index contributed by atoms with van der Waals surface area (Å²) < 4.78 is 6.41. The van der Waals surface area contributed by atoms with Gasteiger partial charge in [-0.1, -0.05) is 133 Å². The van der Waals surface area contributed by atoms with E-state index in [0.717, 1.165) is 39.9 Å². The third kappa shape index (κ3) is 4.54. The van der Waals surface area contributed by atoms with Gasteiger partial charge in [-0.25, -0.2) is 0 Å². The van der Waals surface area contributed by atoms with Gasteiger partial charge in [0.25, 0.3) is 0 Å². The van der Waals surface area contributed by atoms with Crippen LogP contribution >= 0.6 is 0 Å². The molecule has 2 heteroatoms. The van der Waals surface area contributed by atoms with Gasteiger partial charge < -0.3 is 9.73 Å². The Hall–Kier alpha value is -4.82. The summed E-state index contributed by atoms with van der Waals surface area (Å²) in [6.45, 7) is 13.9. The minimum Gasteiger partial charge on any atom is -0.456 e. The first-order valence-corrected chi connectivity index (χ1v) is 16.6. The number of rotatable bonds is 4. The van der Waals surface area contributed by atoms with Gasteiger partial charge in [-0.15, -0.1) is 0 Å². The van der Waals surface area contributed by atoms with Crippen LogP contribution in [0.2, 0.25) is 0 Å². The number of furan rings is 1. The Bertz CT molecular complexity index is 2270. The van der Waals surface area contributed by atoms with E-state index in [1.165, 1.54) is 49.5 Å². The summed E-state index contributed by atoms with van der Waals surface area (Å²) in [5.41, 5.74) is 15.8. The van der Waals surface area contributed by atoms with Crippen LogP contribution in [0.5, 0.6) is 0 Å². The highest BCUT2D eigenvalue weighted by Gasteiger charge is 2.37. The predicted octanol–water partition coefficient (Wildman–Crippen LogP) is 10.7. The summed E-state index contributed by atoms with van der Waals surface area (Å²) in [7, 11) is 0. The van der Waals surface area contributed by atoms with E-state index >= 15 is 0 Å². The van der Waals surface area contributed by atoms with Crippen molar-refractivity contribution in [3.8, 4) is 33.4 Å². The van der Waals surface area contributed by atoms with Gasteiger partial charge in [-0.2, -0.15) is 0 Å². The molecule has 2 nitrogen and oxygen atoms in total. The highest BCUT2D eigenvalue weighted by molar-refractivity contribution is 5.97. The van der Waals surface area contributed by atoms with Gasteiger partial charge in [0.1, 0.15) is 11.0 Å². The Morgan fingerprint density at radius 1 is 0.739 bits per heavy atom. The van der Waals surface area contributed by atoms with Crippen molar-refractivity contribution in [2.75, 3.05) is 5.32 Å². The van der Waals surface area contributed by atoms with E-state index in [2.05, 4.69) is 162 Å². The third-order valence-corrected chi connectivity index (χ3v) is 10.2. The highest BCUT2D eigenvalue weighted by atomic mass is 16.3. The van der Waals surface area contributed by atoms with Crippen LogP contribution in [0.15, 0.2) is 108 Å². The van der Waals surface area contributed by atoms with E-state index < -0.39 is 0 Å². The maximum Gasteiger partial charge on any atom is 0.143 e. The van der Waals surface area contributed by atoms with E-state index in [0.29, 0.717) is 5.92 Å². The fraction of sp³-hybridized carbons (Fsp3) is 0.227. The van der Waals surface area contributed by atoms with Crippen LogP contribution in [0.25, 0.3) is 56.5 Å². The molecule has 2 aliphatic carbocycles. The number of hydrogen-bond donors (Lipinski definition) is 1. The summed E-state index contributed by atoms with van der Waals surface area (Å²) in [5, 5.41) is 6.19. The molecule has 1 atom stereocenters. The summed E-state index contributed by atoms with van der Waals surface area (Å²) in [5.74, 6) is 0.532. The predicted molar refractivity (Wildman–Crippen MR) is 195 cm³/mol. The van der Waals surface area contributed by atoms with Crippen molar-refractivity contribution in [3.63, 3.8) is 0 Å². The zero-order valence-electron chi connectivity index (χ0n) is 27.7. The lowest BCUT2D eigenvalue weighted by Crippen LogP contribution is -2.24. The molecule has 5 aromatic carbocycles. The monoisotopic (exact) mass is 599 g/mol. The molecule has 0 saturated carbocycles. The largest absolute Gasteiger partial charge is 0.456 e. The van der Waals surface area contributed by atoms with Gasteiger partial charge in [0.2, 0.25) is 0 Å². The molecule has 1 N–H and O–H groups in total. The average Bonchev–Trinajstić information content (AvgIpc) is 3.53. The topological polar surface area (TPSA) is 25.2 Å².